The maximum Gasteiger partial charge on any atom is 0.511 e. The van der Waals surface area contributed by atoms with Crippen LogP contribution < -0.4 is 5.73 Å². The highest BCUT2D eigenvalue weighted by atomic mass is 32.2. The number of nitrogens with zero attached hydrogens (tertiary/aromatic N) is 6. The highest BCUT2D eigenvalue weighted by Gasteiger charge is 2.52. The first-order valence-corrected chi connectivity index (χ1v) is 16.9. The van der Waals surface area contributed by atoms with Crippen molar-refractivity contribution < 1.29 is 28.6 Å². The van der Waals surface area contributed by atoms with Crippen molar-refractivity contribution in [1.29, 1.82) is 0 Å². The first kappa shape index (κ1) is 31.1. The number of amides is 1. The highest BCUT2D eigenvalue weighted by molar-refractivity contribution is 8.01. The van der Waals surface area contributed by atoms with E-state index in [9.17, 15) is 14.4 Å². The Morgan fingerprint density at radius 3 is 2.52 bits per heavy atom. The van der Waals surface area contributed by atoms with Gasteiger partial charge >= 0.3 is 12.1 Å². The Hall–Kier alpha value is -2.36. The zero-order chi connectivity index (χ0) is 29.6. The molecule has 0 spiro atoms. The van der Waals surface area contributed by atoms with Gasteiger partial charge in [-0.25, -0.2) is 14.3 Å². The molecule has 3 atom stereocenters. The lowest BCUT2D eigenvalue weighted by Crippen LogP contribution is -2.68. The van der Waals surface area contributed by atoms with Crippen LogP contribution in [0.3, 0.4) is 0 Å². The summed E-state index contributed by atoms with van der Waals surface area (Å²) in [5.41, 5.74) is 6.97. The molecule has 2 aliphatic carbocycles. The highest BCUT2D eigenvalue weighted by Crippen LogP contribution is 2.41. The predicted molar refractivity (Wildman–Crippen MR) is 156 cm³/mol. The maximum absolute atomic E-state index is 13.9. The van der Waals surface area contributed by atoms with E-state index in [0.717, 1.165) is 76.3 Å². The number of likely N-dealkylation sites (N-methyl/N-ethyl adjacent to an activating group) is 1. The molecule has 5 rings (SSSR count). The minimum Gasteiger partial charge on any atom is -0.431 e. The standard InChI is InChI=1S/C27H41N7O6S2/c1-32(2)13-14-33-26(29-30-31-33)42-16-18-15-41-23-20(28)22(35)34(23)21(18)24(36)39-25(17-9-5-3-6-10-17)40-27(37)38-19-11-7-4-8-12-19/h17,19-20,23,25H,3-16,28H2,1-2H3/t20-,23+,25?/m1/s1. The summed E-state index contributed by atoms with van der Waals surface area (Å²) in [4.78, 5) is 43.0. The van der Waals surface area contributed by atoms with Crippen LogP contribution in [0.2, 0.25) is 0 Å². The third kappa shape index (κ3) is 7.40. The molecular formula is C27H41N7O6S2. The van der Waals surface area contributed by atoms with Crippen molar-refractivity contribution in [3.05, 3.63) is 11.3 Å². The van der Waals surface area contributed by atoms with E-state index in [0.29, 0.717) is 23.2 Å². The largest absolute Gasteiger partial charge is 0.511 e. The van der Waals surface area contributed by atoms with Crippen molar-refractivity contribution >= 4 is 41.6 Å². The van der Waals surface area contributed by atoms with E-state index in [1.54, 1.807) is 4.68 Å². The van der Waals surface area contributed by atoms with Gasteiger partial charge in [-0.15, -0.1) is 16.9 Å². The zero-order valence-electron chi connectivity index (χ0n) is 24.3. The third-order valence-electron chi connectivity index (χ3n) is 8.20. The number of hydrogen-bond acceptors (Lipinski definition) is 13. The van der Waals surface area contributed by atoms with E-state index >= 15 is 0 Å². The van der Waals surface area contributed by atoms with Crippen molar-refractivity contribution in [2.75, 3.05) is 32.1 Å². The van der Waals surface area contributed by atoms with Crippen molar-refractivity contribution in [2.24, 2.45) is 11.7 Å². The number of thioether (sulfide) groups is 2. The van der Waals surface area contributed by atoms with Crippen molar-refractivity contribution in [3.63, 3.8) is 0 Å². The van der Waals surface area contributed by atoms with Gasteiger partial charge in [-0.3, -0.25) is 9.69 Å². The number of rotatable bonds is 11. The molecule has 13 nitrogen and oxygen atoms in total. The zero-order valence-corrected chi connectivity index (χ0v) is 25.9. The van der Waals surface area contributed by atoms with E-state index in [1.807, 2.05) is 19.0 Å². The Morgan fingerprint density at radius 1 is 1.10 bits per heavy atom. The van der Waals surface area contributed by atoms with Crippen LogP contribution in [0.15, 0.2) is 16.4 Å². The third-order valence-corrected chi connectivity index (χ3v) is 10.6. The van der Waals surface area contributed by atoms with Crippen LogP contribution in [0, 0.1) is 5.92 Å². The average Bonchev–Trinajstić information content (AvgIpc) is 3.46. The Kier molecular flexibility index (Phi) is 10.7. The molecule has 0 radical (unpaired) electrons. The summed E-state index contributed by atoms with van der Waals surface area (Å²) >= 11 is 2.91. The van der Waals surface area contributed by atoms with Crippen LogP contribution in [0.5, 0.6) is 0 Å². The SMILES string of the molecule is CN(C)CCn1nnnc1SCC1=C(C(=O)OC(OC(=O)OC2CCCCC2)C2CCCCC2)N2C(=O)[C@@H](N)[C@@H]2SC1. The number of ether oxygens (including phenoxy) is 3. The number of carbonyl (C=O) groups is 3. The van der Waals surface area contributed by atoms with Gasteiger partial charge in [-0.1, -0.05) is 37.4 Å². The molecule has 2 saturated carbocycles. The number of hydrogen-bond donors (Lipinski definition) is 1. The minimum atomic E-state index is -1.09. The molecule has 0 bridgehead atoms. The van der Waals surface area contributed by atoms with Crippen LogP contribution in [0.4, 0.5) is 4.79 Å². The number of tetrazole rings is 1. The maximum atomic E-state index is 13.9. The number of aromatic nitrogens is 4. The Bertz CT molecular complexity index is 1150. The fraction of sp³-hybridized carbons (Fsp3) is 0.778. The second-order valence-electron chi connectivity index (χ2n) is 11.6. The Balaban J connectivity index is 1.32. The molecular weight excluding hydrogens is 582 g/mol. The van der Waals surface area contributed by atoms with Crippen LogP contribution in [0.25, 0.3) is 0 Å². The summed E-state index contributed by atoms with van der Waals surface area (Å²) < 4.78 is 19.0. The first-order valence-electron chi connectivity index (χ1n) is 14.9. The normalized spacial score (nSPS) is 24.3. The fourth-order valence-corrected chi connectivity index (χ4v) is 8.13. The van der Waals surface area contributed by atoms with Crippen LogP contribution in [-0.4, -0.2) is 104 Å². The topological polar surface area (TPSA) is 155 Å². The lowest BCUT2D eigenvalue weighted by molar-refractivity contribution is -0.184. The van der Waals surface area contributed by atoms with Gasteiger partial charge in [0.25, 0.3) is 6.29 Å². The minimum absolute atomic E-state index is 0.135. The van der Waals surface area contributed by atoms with Gasteiger partial charge in [-0.2, -0.15) is 0 Å². The lowest BCUT2D eigenvalue weighted by Gasteiger charge is -2.48. The molecule has 1 aromatic rings. The first-order chi connectivity index (χ1) is 20.3. The van der Waals surface area contributed by atoms with E-state index in [4.69, 9.17) is 19.9 Å². The van der Waals surface area contributed by atoms with Gasteiger partial charge in [0, 0.05) is 24.0 Å². The van der Waals surface area contributed by atoms with Crippen LogP contribution in [0.1, 0.15) is 64.2 Å². The number of esters is 1. The molecule has 4 aliphatic rings. The van der Waals surface area contributed by atoms with Crippen molar-refractivity contribution in [2.45, 2.75) is 99.7 Å². The lowest BCUT2D eigenvalue weighted by atomic mass is 9.89. The molecule has 3 fully saturated rings. The van der Waals surface area contributed by atoms with E-state index in [-0.39, 0.29) is 29.0 Å². The Labute approximate surface area is 254 Å². The van der Waals surface area contributed by atoms with Crippen molar-refractivity contribution in [1.82, 2.24) is 30.0 Å². The van der Waals surface area contributed by atoms with Gasteiger partial charge in [0.1, 0.15) is 23.2 Å². The number of β-lactam (4-membered cyclic amide) rings is 1. The van der Waals surface area contributed by atoms with Crippen LogP contribution in [-0.2, 0) is 30.3 Å². The number of nitrogens with two attached hydrogens (primary N) is 1. The summed E-state index contributed by atoms with van der Waals surface area (Å²) in [6.45, 7) is 1.38. The van der Waals surface area contributed by atoms with Gasteiger partial charge < -0.3 is 24.8 Å². The van der Waals surface area contributed by atoms with Gasteiger partial charge in [0.15, 0.2) is 0 Å². The van der Waals surface area contributed by atoms with Gasteiger partial charge in [0.2, 0.25) is 11.1 Å². The predicted octanol–water partition coefficient (Wildman–Crippen LogP) is 2.76. The summed E-state index contributed by atoms with van der Waals surface area (Å²) in [7, 11) is 3.95. The monoisotopic (exact) mass is 623 g/mol. The molecule has 3 heterocycles. The van der Waals surface area contributed by atoms with E-state index in [2.05, 4.69) is 15.5 Å². The van der Waals surface area contributed by atoms with Gasteiger partial charge in [0.05, 0.1) is 6.54 Å². The van der Waals surface area contributed by atoms with E-state index < -0.39 is 24.5 Å². The quantitative estimate of drug-likeness (QED) is 0.166. The number of fused-ring (bicyclic) bond motifs is 1. The van der Waals surface area contributed by atoms with Gasteiger partial charge in [-0.05, 0) is 68.6 Å². The molecule has 1 aromatic heterocycles. The summed E-state index contributed by atoms with van der Waals surface area (Å²) in [5.74, 6) is -0.278. The summed E-state index contributed by atoms with van der Waals surface area (Å²) in [6, 6.07) is -0.679. The second kappa shape index (κ2) is 14.4. The molecule has 42 heavy (non-hydrogen) atoms. The van der Waals surface area contributed by atoms with E-state index in [1.165, 1.54) is 28.4 Å². The number of carbonyl (C=O) groups excluding carboxylic acids is 3. The molecule has 2 N–H and O–H groups in total. The Morgan fingerprint density at radius 2 is 1.81 bits per heavy atom. The average molecular weight is 624 g/mol. The molecule has 1 saturated heterocycles. The summed E-state index contributed by atoms with van der Waals surface area (Å²) in [5, 5.41) is 12.3. The molecule has 2 aliphatic heterocycles. The molecule has 232 valence electrons. The van der Waals surface area contributed by atoms with Crippen LogP contribution >= 0.6 is 23.5 Å². The summed E-state index contributed by atoms with van der Waals surface area (Å²) in [6.07, 6.45) is 7.28. The molecule has 1 unspecified atom stereocenters. The smallest absolute Gasteiger partial charge is 0.431 e. The molecule has 0 aromatic carbocycles. The molecule has 1 amide bonds. The fourth-order valence-electron chi connectivity index (χ4n) is 5.79. The molecule has 15 heteroatoms. The second-order valence-corrected chi connectivity index (χ2v) is 13.6. The van der Waals surface area contributed by atoms with Crippen molar-refractivity contribution in [3.8, 4) is 0 Å².